The molecule has 0 atom stereocenters. The van der Waals surface area contributed by atoms with Gasteiger partial charge >= 0.3 is 0 Å². The molecule has 0 bridgehead atoms. The highest BCUT2D eigenvalue weighted by atomic mass is 16.5. The van der Waals surface area contributed by atoms with Crippen molar-refractivity contribution in [3.63, 3.8) is 0 Å². The van der Waals surface area contributed by atoms with Crippen molar-refractivity contribution >= 4 is 10.8 Å². The summed E-state index contributed by atoms with van der Waals surface area (Å²) in [6.45, 7) is 2.96. The van der Waals surface area contributed by atoms with Crippen molar-refractivity contribution in [2.24, 2.45) is 0 Å². The van der Waals surface area contributed by atoms with Crippen molar-refractivity contribution in [2.75, 3.05) is 6.61 Å². The molecule has 0 fully saturated rings. The van der Waals surface area contributed by atoms with Gasteiger partial charge in [0, 0.05) is 0 Å². The van der Waals surface area contributed by atoms with Crippen molar-refractivity contribution in [1.82, 2.24) is 0 Å². The minimum Gasteiger partial charge on any atom is -0.494 e. The summed E-state index contributed by atoms with van der Waals surface area (Å²) in [7, 11) is 0. The van der Waals surface area contributed by atoms with Crippen molar-refractivity contribution in [1.29, 1.82) is 0 Å². The van der Waals surface area contributed by atoms with Gasteiger partial charge in [0.1, 0.15) is 5.75 Å². The molecule has 0 aliphatic rings. The van der Waals surface area contributed by atoms with Crippen LogP contribution < -0.4 is 4.74 Å². The van der Waals surface area contributed by atoms with Gasteiger partial charge in [0.25, 0.3) is 0 Å². The van der Waals surface area contributed by atoms with Crippen molar-refractivity contribution < 1.29 is 4.74 Å². The van der Waals surface area contributed by atoms with E-state index in [4.69, 9.17) is 4.74 Å². The van der Waals surface area contributed by atoms with Gasteiger partial charge in [-0.05, 0) is 35.4 Å². The summed E-state index contributed by atoms with van der Waals surface area (Å²) >= 11 is 0. The monoisotopic (exact) mass is 199 g/mol. The van der Waals surface area contributed by atoms with Crippen molar-refractivity contribution in [3.05, 3.63) is 42.5 Å². The lowest BCUT2D eigenvalue weighted by Gasteiger charge is -2.05. The Morgan fingerprint density at radius 3 is 3.00 bits per heavy atom. The number of benzene rings is 2. The van der Waals surface area contributed by atoms with Crippen LogP contribution >= 0.6 is 0 Å². The maximum atomic E-state index is 5.62. The summed E-state index contributed by atoms with van der Waals surface area (Å²) in [4.78, 5) is 0. The van der Waals surface area contributed by atoms with Gasteiger partial charge in [-0.25, -0.2) is 0 Å². The van der Waals surface area contributed by atoms with Gasteiger partial charge in [-0.1, -0.05) is 37.6 Å². The van der Waals surface area contributed by atoms with E-state index in [-0.39, 0.29) is 0 Å². The summed E-state index contributed by atoms with van der Waals surface area (Å²) < 4.78 is 5.62. The first-order chi connectivity index (χ1) is 7.40. The standard InChI is InChI=1S/C14H15O/c1-2-3-10-15-14-9-8-12-6-4-5-7-13(12)11-14/h4-7,9,11H,2-3,10H2,1H3. The van der Waals surface area contributed by atoms with E-state index in [9.17, 15) is 0 Å². The number of hydrogen-bond donors (Lipinski definition) is 0. The van der Waals surface area contributed by atoms with Crippen LogP contribution in [0.15, 0.2) is 36.4 Å². The normalized spacial score (nSPS) is 10.5. The molecule has 0 spiro atoms. The van der Waals surface area contributed by atoms with E-state index >= 15 is 0 Å². The molecule has 0 aliphatic heterocycles. The summed E-state index contributed by atoms with van der Waals surface area (Å²) in [6, 6.07) is 15.4. The molecule has 0 N–H and O–H groups in total. The lowest BCUT2D eigenvalue weighted by molar-refractivity contribution is 0.310. The fraction of sp³-hybridized carbons (Fsp3) is 0.286. The zero-order chi connectivity index (χ0) is 10.5. The van der Waals surface area contributed by atoms with Gasteiger partial charge in [0.05, 0.1) is 6.61 Å². The fourth-order valence-corrected chi connectivity index (χ4v) is 1.52. The Morgan fingerprint density at radius 2 is 2.13 bits per heavy atom. The smallest absolute Gasteiger partial charge is 0.120 e. The first kappa shape index (κ1) is 10.0. The second kappa shape index (κ2) is 4.83. The molecule has 2 aromatic carbocycles. The molecule has 1 radical (unpaired) electrons. The number of ether oxygens (including phenoxy) is 1. The average Bonchev–Trinajstić information content (AvgIpc) is 2.29. The highest BCUT2D eigenvalue weighted by Gasteiger charge is 1.96. The second-order valence-electron chi connectivity index (χ2n) is 3.62. The molecule has 2 rings (SSSR count). The van der Waals surface area contributed by atoms with Gasteiger partial charge < -0.3 is 4.74 Å². The summed E-state index contributed by atoms with van der Waals surface area (Å²) in [5.41, 5.74) is 0. The molecule has 77 valence electrons. The van der Waals surface area contributed by atoms with Crippen LogP contribution in [0, 0.1) is 6.07 Å². The first-order valence-electron chi connectivity index (χ1n) is 5.43. The van der Waals surface area contributed by atoms with Crippen molar-refractivity contribution in [3.8, 4) is 5.75 Å². The first-order valence-corrected chi connectivity index (χ1v) is 5.43. The fourth-order valence-electron chi connectivity index (χ4n) is 1.52. The average molecular weight is 199 g/mol. The van der Waals surface area contributed by atoms with Crippen LogP contribution in [0.5, 0.6) is 5.75 Å². The number of hydrogen-bond acceptors (Lipinski definition) is 1. The third-order valence-corrected chi connectivity index (χ3v) is 2.40. The van der Waals surface area contributed by atoms with Gasteiger partial charge in [-0.15, -0.1) is 0 Å². The van der Waals surface area contributed by atoms with Gasteiger partial charge in [0.15, 0.2) is 0 Å². The summed E-state index contributed by atoms with van der Waals surface area (Å²) in [5, 5.41) is 2.33. The molecule has 0 aromatic heterocycles. The lowest BCUT2D eigenvalue weighted by atomic mass is 10.1. The molecule has 0 amide bonds. The Hall–Kier alpha value is -1.50. The molecule has 2 aromatic rings. The van der Waals surface area contributed by atoms with Crippen LogP contribution in [0.25, 0.3) is 10.8 Å². The second-order valence-corrected chi connectivity index (χ2v) is 3.62. The predicted octanol–water partition coefficient (Wildman–Crippen LogP) is 3.82. The number of unbranched alkanes of at least 4 members (excludes halogenated alkanes) is 1. The van der Waals surface area contributed by atoms with E-state index in [1.807, 2.05) is 18.2 Å². The molecular weight excluding hydrogens is 184 g/mol. The predicted molar refractivity (Wildman–Crippen MR) is 63.2 cm³/mol. The highest BCUT2D eigenvalue weighted by Crippen LogP contribution is 2.20. The van der Waals surface area contributed by atoms with E-state index in [0.717, 1.165) is 30.6 Å². The van der Waals surface area contributed by atoms with Gasteiger partial charge in [-0.3, -0.25) is 0 Å². The van der Waals surface area contributed by atoms with E-state index in [2.05, 4.69) is 31.2 Å². The molecule has 1 nitrogen and oxygen atoms in total. The Bertz CT molecular complexity index is 434. The maximum absolute atomic E-state index is 5.62. The number of fused-ring (bicyclic) bond motifs is 1. The molecule has 0 unspecified atom stereocenters. The van der Waals surface area contributed by atoms with Crippen LogP contribution in [-0.4, -0.2) is 6.61 Å². The Labute approximate surface area is 90.7 Å². The molecule has 0 heterocycles. The highest BCUT2D eigenvalue weighted by molar-refractivity contribution is 5.83. The molecule has 15 heavy (non-hydrogen) atoms. The van der Waals surface area contributed by atoms with E-state index < -0.39 is 0 Å². The molecule has 0 saturated heterocycles. The Kier molecular flexibility index (Phi) is 3.23. The van der Waals surface area contributed by atoms with Crippen LogP contribution in [-0.2, 0) is 0 Å². The maximum Gasteiger partial charge on any atom is 0.120 e. The van der Waals surface area contributed by atoms with Crippen LogP contribution in [0.3, 0.4) is 0 Å². The van der Waals surface area contributed by atoms with Crippen molar-refractivity contribution in [2.45, 2.75) is 19.8 Å². The molecule has 0 saturated carbocycles. The van der Waals surface area contributed by atoms with E-state index in [1.54, 1.807) is 0 Å². The van der Waals surface area contributed by atoms with Crippen LogP contribution in [0.4, 0.5) is 0 Å². The molecular formula is C14H15O. The molecule has 0 aliphatic carbocycles. The minimum absolute atomic E-state index is 0.794. The Morgan fingerprint density at radius 1 is 1.27 bits per heavy atom. The minimum atomic E-state index is 0.794. The van der Waals surface area contributed by atoms with Crippen LogP contribution in [0.1, 0.15) is 19.8 Å². The van der Waals surface area contributed by atoms with Gasteiger partial charge in [0.2, 0.25) is 0 Å². The third kappa shape index (κ3) is 2.50. The van der Waals surface area contributed by atoms with Crippen LogP contribution in [0.2, 0.25) is 0 Å². The SMILES string of the molecule is CCCCOc1c[c]c2ccccc2c1. The zero-order valence-corrected chi connectivity index (χ0v) is 8.99. The Balaban J connectivity index is 2.16. The topological polar surface area (TPSA) is 9.23 Å². The molecule has 1 heteroatoms. The number of rotatable bonds is 4. The van der Waals surface area contributed by atoms with Gasteiger partial charge in [-0.2, -0.15) is 0 Å². The largest absolute Gasteiger partial charge is 0.494 e. The summed E-state index contributed by atoms with van der Waals surface area (Å²) in [6.07, 6.45) is 2.27. The lowest BCUT2D eigenvalue weighted by Crippen LogP contribution is -1.95. The van der Waals surface area contributed by atoms with E-state index in [1.165, 1.54) is 5.39 Å². The summed E-state index contributed by atoms with van der Waals surface area (Å²) in [5.74, 6) is 0.919. The zero-order valence-electron chi connectivity index (χ0n) is 8.99. The quantitative estimate of drug-likeness (QED) is 0.680. The third-order valence-electron chi connectivity index (χ3n) is 2.40. The van der Waals surface area contributed by atoms with E-state index in [0.29, 0.717) is 0 Å².